The molecule has 0 saturated heterocycles. The van der Waals surface area contributed by atoms with E-state index < -0.39 is 9.05 Å². The van der Waals surface area contributed by atoms with E-state index in [1.807, 2.05) is 6.07 Å². The van der Waals surface area contributed by atoms with Crippen LogP contribution in [-0.4, -0.2) is 8.42 Å². The monoisotopic (exact) mass is 292 g/mol. The van der Waals surface area contributed by atoms with E-state index in [4.69, 9.17) is 22.3 Å². The molecule has 16 heavy (non-hydrogen) atoms. The van der Waals surface area contributed by atoms with Gasteiger partial charge in [0, 0.05) is 15.6 Å². The van der Waals surface area contributed by atoms with Gasteiger partial charge in [0.25, 0.3) is 9.05 Å². The highest BCUT2D eigenvalue weighted by molar-refractivity contribution is 8.13. The Hall–Kier alpha value is -0.550. The molecule has 0 atom stereocenters. The van der Waals surface area contributed by atoms with Gasteiger partial charge in [-0.05, 0) is 29.8 Å². The first-order chi connectivity index (χ1) is 7.47. The zero-order valence-corrected chi connectivity index (χ0v) is 11.0. The van der Waals surface area contributed by atoms with Crippen molar-refractivity contribution in [3.05, 3.63) is 40.7 Å². The second-order valence-electron chi connectivity index (χ2n) is 3.07. The number of hydrogen-bond donors (Lipinski definition) is 0. The quantitative estimate of drug-likeness (QED) is 0.784. The molecule has 1 aromatic carbocycles. The minimum Gasteiger partial charge on any atom is -0.207 e. The van der Waals surface area contributed by atoms with E-state index in [9.17, 15) is 8.42 Å². The molecule has 0 aliphatic carbocycles. The molecule has 2 nitrogen and oxygen atoms in total. The van der Waals surface area contributed by atoms with Gasteiger partial charge in [0.05, 0.1) is 9.23 Å². The first-order valence-electron chi connectivity index (χ1n) is 4.27. The molecule has 0 unspecified atom stereocenters. The summed E-state index contributed by atoms with van der Waals surface area (Å²) in [7, 11) is 1.57. The maximum absolute atomic E-state index is 11.0. The van der Waals surface area contributed by atoms with E-state index in [-0.39, 0.29) is 4.90 Å². The van der Waals surface area contributed by atoms with Gasteiger partial charge in [0.1, 0.15) is 0 Å². The Morgan fingerprint density at radius 2 is 1.62 bits per heavy atom. The van der Waals surface area contributed by atoms with Crippen molar-refractivity contribution in [3.63, 3.8) is 0 Å². The van der Waals surface area contributed by atoms with Gasteiger partial charge in [-0.2, -0.15) is 0 Å². The summed E-state index contributed by atoms with van der Waals surface area (Å²) in [6.45, 7) is 0. The van der Waals surface area contributed by atoms with Crippen LogP contribution in [0.3, 0.4) is 0 Å². The Morgan fingerprint density at radius 1 is 1.00 bits per heavy atom. The standard InChI is InChI=1S/C10H6Cl2O2S2/c11-10-6-5-9(15-10)7-1-3-8(4-2-7)16(12,13)14/h1-6H. The Bertz CT molecular complexity index is 600. The fourth-order valence-electron chi connectivity index (χ4n) is 1.25. The molecule has 1 heterocycles. The minimum absolute atomic E-state index is 0.0977. The van der Waals surface area contributed by atoms with Gasteiger partial charge in [-0.1, -0.05) is 23.7 Å². The lowest BCUT2D eigenvalue weighted by molar-refractivity contribution is 0.609. The summed E-state index contributed by atoms with van der Waals surface area (Å²) in [5.74, 6) is 0. The van der Waals surface area contributed by atoms with Gasteiger partial charge in [-0.3, -0.25) is 0 Å². The Morgan fingerprint density at radius 3 is 2.06 bits per heavy atom. The number of rotatable bonds is 2. The highest BCUT2D eigenvalue weighted by Gasteiger charge is 2.09. The summed E-state index contributed by atoms with van der Waals surface area (Å²) in [5.41, 5.74) is 0.918. The van der Waals surface area contributed by atoms with E-state index in [1.165, 1.54) is 23.5 Å². The number of hydrogen-bond acceptors (Lipinski definition) is 3. The average Bonchev–Trinajstić information content (AvgIpc) is 2.64. The smallest absolute Gasteiger partial charge is 0.207 e. The summed E-state index contributed by atoms with van der Waals surface area (Å²) in [6, 6.07) is 10.1. The summed E-state index contributed by atoms with van der Waals surface area (Å²) >= 11 is 7.25. The van der Waals surface area contributed by atoms with Gasteiger partial charge < -0.3 is 0 Å². The molecule has 0 amide bonds. The predicted octanol–water partition coefficient (Wildman–Crippen LogP) is 4.00. The molecule has 0 saturated carbocycles. The summed E-state index contributed by atoms with van der Waals surface area (Å²) in [5, 5.41) is 0. The molecule has 1 aromatic heterocycles. The molecule has 0 spiro atoms. The molecule has 0 aliphatic rings. The van der Waals surface area contributed by atoms with Crippen LogP contribution in [0.2, 0.25) is 4.34 Å². The largest absolute Gasteiger partial charge is 0.261 e. The third kappa shape index (κ3) is 2.58. The molecule has 0 aliphatic heterocycles. The van der Waals surface area contributed by atoms with Gasteiger partial charge in [0.2, 0.25) is 0 Å². The third-order valence-corrected chi connectivity index (χ3v) is 4.64. The fraction of sp³-hybridized carbons (Fsp3) is 0. The van der Waals surface area contributed by atoms with E-state index in [1.54, 1.807) is 18.2 Å². The molecule has 2 rings (SSSR count). The van der Waals surface area contributed by atoms with Gasteiger partial charge in [0.15, 0.2) is 0 Å². The SMILES string of the molecule is O=S(=O)(Cl)c1ccc(-c2ccc(Cl)s2)cc1. The molecular weight excluding hydrogens is 287 g/mol. The fourth-order valence-corrected chi connectivity index (χ4v) is 3.07. The minimum atomic E-state index is -3.65. The molecule has 2 aromatic rings. The maximum atomic E-state index is 11.0. The molecular formula is C10H6Cl2O2S2. The van der Waals surface area contributed by atoms with Crippen LogP contribution >= 0.6 is 33.6 Å². The summed E-state index contributed by atoms with van der Waals surface area (Å²) in [6.07, 6.45) is 0. The second kappa shape index (κ2) is 4.37. The van der Waals surface area contributed by atoms with Crippen LogP contribution in [0, 0.1) is 0 Å². The van der Waals surface area contributed by atoms with Crippen LogP contribution in [0.15, 0.2) is 41.3 Å². The summed E-state index contributed by atoms with van der Waals surface area (Å²) < 4.78 is 22.8. The van der Waals surface area contributed by atoms with E-state index in [2.05, 4.69) is 0 Å². The number of thiophene rings is 1. The highest BCUT2D eigenvalue weighted by Crippen LogP contribution is 2.31. The molecule has 0 bridgehead atoms. The summed E-state index contributed by atoms with van der Waals surface area (Å²) in [4.78, 5) is 1.09. The van der Waals surface area contributed by atoms with Crippen molar-refractivity contribution in [2.45, 2.75) is 4.90 Å². The molecule has 0 N–H and O–H groups in total. The van der Waals surface area contributed by atoms with Crippen LogP contribution in [0.25, 0.3) is 10.4 Å². The van der Waals surface area contributed by atoms with Gasteiger partial charge in [-0.25, -0.2) is 8.42 Å². The maximum Gasteiger partial charge on any atom is 0.261 e. The normalized spacial score (nSPS) is 11.6. The molecule has 0 radical (unpaired) electrons. The lowest BCUT2D eigenvalue weighted by Gasteiger charge is -1.99. The van der Waals surface area contributed by atoms with E-state index in [0.29, 0.717) is 4.34 Å². The van der Waals surface area contributed by atoms with Crippen molar-refractivity contribution >= 4 is 42.7 Å². The molecule has 6 heteroatoms. The van der Waals surface area contributed by atoms with Crippen molar-refractivity contribution in [2.24, 2.45) is 0 Å². The second-order valence-corrected chi connectivity index (χ2v) is 7.35. The van der Waals surface area contributed by atoms with Crippen molar-refractivity contribution < 1.29 is 8.42 Å². The zero-order valence-electron chi connectivity index (χ0n) is 7.85. The Kier molecular flexibility index (Phi) is 3.26. The topological polar surface area (TPSA) is 34.1 Å². The van der Waals surface area contributed by atoms with Gasteiger partial charge >= 0.3 is 0 Å². The highest BCUT2D eigenvalue weighted by atomic mass is 35.7. The predicted molar refractivity (Wildman–Crippen MR) is 67.8 cm³/mol. The van der Waals surface area contributed by atoms with Crippen molar-refractivity contribution in [2.75, 3.05) is 0 Å². The lowest BCUT2D eigenvalue weighted by Crippen LogP contribution is -1.89. The van der Waals surface area contributed by atoms with Crippen molar-refractivity contribution in [1.29, 1.82) is 0 Å². The van der Waals surface area contributed by atoms with E-state index in [0.717, 1.165) is 10.4 Å². The van der Waals surface area contributed by atoms with Crippen LogP contribution in [-0.2, 0) is 9.05 Å². The number of halogens is 2. The van der Waals surface area contributed by atoms with Gasteiger partial charge in [-0.15, -0.1) is 11.3 Å². The average molecular weight is 293 g/mol. The van der Waals surface area contributed by atoms with Crippen molar-refractivity contribution in [1.82, 2.24) is 0 Å². The lowest BCUT2D eigenvalue weighted by atomic mass is 10.2. The van der Waals surface area contributed by atoms with Crippen LogP contribution in [0.1, 0.15) is 0 Å². The van der Waals surface area contributed by atoms with Crippen LogP contribution in [0.4, 0.5) is 0 Å². The van der Waals surface area contributed by atoms with Crippen molar-refractivity contribution in [3.8, 4) is 10.4 Å². The first-order valence-corrected chi connectivity index (χ1v) is 7.77. The Labute approximate surface area is 107 Å². The third-order valence-electron chi connectivity index (χ3n) is 1.99. The molecule has 0 fully saturated rings. The molecule has 84 valence electrons. The number of benzene rings is 1. The first kappa shape index (κ1) is 11.9. The Balaban J connectivity index is 2.40. The van der Waals surface area contributed by atoms with E-state index >= 15 is 0 Å². The van der Waals surface area contributed by atoms with Crippen LogP contribution in [0.5, 0.6) is 0 Å². The zero-order chi connectivity index (χ0) is 11.8. The van der Waals surface area contributed by atoms with Crippen LogP contribution < -0.4 is 0 Å².